The van der Waals surface area contributed by atoms with Crippen molar-refractivity contribution in [1.82, 2.24) is 0 Å². The summed E-state index contributed by atoms with van der Waals surface area (Å²) in [4.78, 5) is 0. The summed E-state index contributed by atoms with van der Waals surface area (Å²) in [5.74, 6) is 1.55. The molecule has 0 aliphatic carbocycles. The van der Waals surface area contributed by atoms with Crippen molar-refractivity contribution in [2.75, 3.05) is 7.11 Å². The second kappa shape index (κ2) is 9.15. The Morgan fingerprint density at radius 2 is 2.05 bits per heavy atom. The van der Waals surface area contributed by atoms with Gasteiger partial charge in [0.15, 0.2) is 0 Å². The number of rotatable bonds is 8. The molecule has 1 atom stereocenters. The monoisotopic (exact) mass is 301 g/mol. The third kappa shape index (κ3) is 4.53. The molecule has 1 rings (SSSR count). The maximum absolute atomic E-state index is 9.29. The number of benzene rings is 1. The van der Waals surface area contributed by atoms with E-state index in [1.807, 2.05) is 26.0 Å². The van der Waals surface area contributed by atoms with E-state index in [4.69, 9.17) is 9.47 Å². The zero-order valence-electron chi connectivity index (χ0n) is 14.4. The van der Waals surface area contributed by atoms with Gasteiger partial charge in [-0.2, -0.15) is 5.26 Å². The highest BCUT2D eigenvalue weighted by atomic mass is 16.5. The molecule has 0 bridgehead atoms. The van der Waals surface area contributed by atoms with Gasteiger partial charge in [-0.15, -0.1) is 0 Å². The van der Waals surface area contributed by atoms with Crippen molar-refractivity contribution < 1.29 is 9.47 Å². The standard InChI is InChI=1S/C19H27NO2/c1-6-9-10-16(8-3)22-18-12-17(15(7-2)13-20)19(21-5)11-14(18)4/h7,11-12,16H,6,8-10H2,1-5H3/b15-7+. The van der Waals surface area contributed by atoms with Crippen LogP contribution >= 0.6 is 0 Å². The lowest BCUT2D eigenvalue weighted by atomic mass is 10.0. The molecule has 0 amide bonds. The molecule has 0 aliphatic rings. The first-order valence-corrected chi connectivity index (χ1v) is 8.03. The van der Waals surface area contributed by atoms with E-state index in [9.17, 15) is 5.26 Å². The zero-order valence-corrected chi connectivity index (χ0v) is 14.4. The van der Waals surface area contributed by atoms with Gasteiger partial charge in [0.2, 0.25) is 0 Å². The molecule has 0 heterocycles. The van der Waals surface area contributed by atoms with Crippen LogP contribution in [0, 0.1) is 18.3 Å². The number of ether oxygens (including phenoxy) is 2. The van der Waals surface area contributed by atoms with Gasteiger partial charge in [-0.3, -0.25) is 0 Å². The quantitative estimate of drug-likeness (QED) is 0.614. The maximum Gasteiger partial charge on any atom is 0.127 e. The Balaban J connectivity index is 3.15. The Kier molecular flexibility index (Phi) is 7.52. The minimum absolute atomic E-state index is 0.219. The molecule has 3 heteroatoms. The average Bonchev–Trinajstić information content (AvgIpc) is 2.54. The lowest BCUT2D eigenvalue weighted by Gasteiger charge is -2.20. The summed E-state index contributed by atoms with van der Waals surface area (Å²) in [5.41, 5.74) is 2.42. The third-order valence-corrected chi connectivity index (χ3v) is 3.82. The molecule has 120 valence electrons. The predicted octanol–water partition coefficient (Wildman–Crippen LogP) is 5.28. The second-order valence-electron chi connectivity index (χ2n) is 5.42. The van der Waals surface area contributed by atoms with Crippen LogP contribution < -0.4 is 9.47 Å². The van der Waals surface area contributed by atoms with Crippen LogP contribution in [0.25, 0.3) is 5.57 Å². The largest absolute Gasteiger partial charge is 0.496 e. The lowest BCUT2D eigenvalue weighted by Crippen LogP contribution is -2.16. The van der Waals surface area contributed by atoms with Crippen molar-refractivity contribution in [3.63, 3.8) is 0 Å². The van der Waals surface area contributed by atoms with E-state index >= 15 is 0 Å². The van der Waals surface area contributed by atoms with Crippen molar-refractivity contribution in [3.8, 4) is 17.6 Å². The molecule has 0 radical (unpaired) electrons. The summed E-state index contributed by atoms with van der Waals surface area (Å²) in [6, 6.07) is 6.09. The lowest BCUT2D eigenvalue weighted by molar-refractivity contribution is 0.182. The van der Waals surface area contributed by atoms with Gasteiger partial charge < -0.3 is 9.47 Å². The van der Waals surface area contributed by atoms with Crippen LogP contribution in [-0.2, 0) is 0 Å². The Labute approximate surface area is 134 Å². The summed E-state index contributed by atoms with van der Waals surface area (Å²) < 4.78 is 11.6. The highest BCUT2D eigenvalue weighted by molar-refractivity contribution is 5.81. The van der Waals surface area contributed by atoms with Crippen LogP contribution in [0.1, 0.15) is 57.6 Å². The summed E-state index contributed by atoms with van der Waals surface area (Å²) >= 11 is 0. The van der Waals surface area contributed by atoms with Crippen LogP contribution in [-0.4, -0.2) is 13.2 Å². The van der Waals surface area contributed by atoms with E-state index < -0.39 is 0 Å². The molecule has 0 fully saturated rings. The molecule has 0 aliphatic heterocycles. The van der Waals surface area contributed by atoms with Crippen LogP contribution in [0.15, 0.2) is 18.2 Å². The Morgan fingerprint density at radius 3 is 2.55 bits per heavy atom. The molecule has 0 aromatic heterocycles. The molecule has 22 heavy (non-hydrogen) atoms. The number of aryl methyl sites for hydroxylation is 1. The molecule has 0 saturated carbocycles. The normalized spacial score (nSPS) is 12.6. The second-order valence-corrected chi connectivity index (χ2v) is 5.42. The molecule has 0 saturated heterocycles. The molecular weight excluding hydrogens is 274 g/mol. The molecule has 0 N–H and O–H groups in total. The minimum Gasteiger partial charge on any atom is -0.496 e. The number of nitrogens with zero attached hydrogens (tertiary/aromatic N) is 1. The molecule has 1 aromatic rings. The van der Waals surface area contributed by atoms with Crippen molar-refractivity contribution in [1.29, 1.82) is 5.26 Å². The number of unbranched alkanes of at least 4 members (excludes halogenated alkanes) is 1. The predicted molar refractivity (Wildman–Crippen MR) is 91.2 cm³/mol. The van der Waals surface area contributed by atoms with Gasteiger partial charge in [-0.25, -0.2) is 0 Å². The Bertz CT molecular complexity index is 555. The van der Waals surface area contributed by atoms with Crippen LogP contribution in [0.3, 0.4) is 0 Å². The van der Waals surface area contributed by atoms with Crippen LogP contribution in [0.5, 0.6) is 11.5 Å². The van der Waals surface area contributed by atoms with Crippen molar-refractivity contribution >= 4 is 5.57 Å². The van der Waals surface area contributed by atoms with E-state index in [0.717, 1.165) is 29.7 Å². The van der Waals surface area contributed by atoms with E-state index in [1.165, 1.54) is 12.8 Å². The number of allylic oxidation sites excluding steroid dienone is 2. The smallest absolute Gasteiger partial charge is 0.127 e. The summed E-state index contributed by atoms with van der Waals surface area (Å²) in [6.07, 6.45) is 6.39. The Hall–Kier alpha value is -1.95. The summed E-state index contributed by atoms with van der Waals surface area (Å²) in [6.45, 7) is 8.20. The third-order valence-electron chi connectivity index (χ3n) is 3.82. The molecular formula is C19H27NO2. The fraction of sp³-hybridized carbons (Fsp3) is 0.526. The van der Waals surface area contributed by atoms with Gasteiger partial charge in [-0.1, -0.05) is 32.8 Å². The molecule has 3 nitrogen and oxygen atoms in total. The molecule has 1 aromatic carbocycles. The van der Waals surface area contributed by atoms with Gasteiger partial charge >= 0.3 is 0 Å². The average molecular weight is 301 g/mol. The summed E-state index contributed by atoms with van der Waals surface area (Å²) in [5, 5.41) is 9.29. The fourth-order valence-electron chi connectivity index (χ4n) is 2.41. The van der Waals surface area contributed by atoms with Crippen molar-refractivity contribution in [2.24, 2.45) is 0 Å². The first kappa shape index (κ1) is 18.1. The van der Waals surface area contributed by atoms with Crippen LogP contribution in [0.2, 0.25) is 0 Å². The molecule has 1 unspecified atom stereocenters. The van der Waals surface area contributed by atoms with E-state index in [2.05, 4.69) is 19.9 Å². The number of methoxy groups -OCH3 is 1. The highest BCUT2D eigenvalue weighted by Gasteiger charge is 2.15. The summed E-state index contributed by atoms with van der Waals surface area (Å²) in [7, 11) is 1.62. The number of nitriles is 1. The van der Waals surface area contributed by atoms with E-state index in [1.54, 1.807) is 13.2 Å². The SMILES string of the molecule is C/C=C(\C#N)c1cc(OC(CC)CCCC)c(C)cc1OC. The fourth-order valence-corrected chi connectivity index (χ4v) is 2.41. The molecule has 0 spiro atoms. The number of hydrogen-bond acceptors (Lipinski definition) is 3. The number of hydrogen-bond donors (Lipinski definition) is 0. The van der Waals surface area contributed by atoms with Gasteiger partial charge in [0, 0.05) is 5.56 Å². The van der Waals surface area contributed by atoms with Gasteiger partial charge in [0.1, 0.15) is 11.5 Å². The zero-order chi connectivity index (χ0) is 16.5. The van der Waals surface area contributed by atoms with Crippen molar-refractivity contribution in [2.45, 2.75) is 59.5 Å². The van der Waals surface area contributed by atoms with Gasteiger partial charge in [0.25, 0.3) is 0 Å². The van der Waals surface area contributed by atoms with Crippen molar-refractivity contribution in [3.05, 3.63) is 29.3 Å². The van der Waals surface area contributed by atoms with E-state index in [-0.39, 0.29) is 6.10 Å². The topological polar surface area (TPSA) is 42.2 Å². The van der Waals surface area contributed by atoms with E-state index in [0.29, 0.717) is 11.3 Å². The van der Waals surface area contributed by atoms with Gasteiger partial charge in [0.05, 0.1) is 24.9 Å². The minimum atomic E-state index is 0.219. The highest BCUT2D eigenvalue weighted by Crippen LogP contribution is 2.34. The van der Waals surface area contributed by atoms with Crippen LogP contribution in [0.4, 0.5) is 0 Å². The first-order chi connectivity index (χ1) is 10.6. The maximum atomic E-state index is 9.29. The van der Waals surface area contributed by atoms with Gasteiger partial charge in [-0.05, 0) is 44.4 Å². The first-order valence-electron chi connectivity index (χ1n) is 8.03. The Morgan fingerprint density at radius 1 is 1.32 bits per heavy atom.